The van der Waals surface area contributed by atoms with Crippen molar-refractivity contribution in [2.75, 3.05) is 13.2 Å². The van der Waals surface area contributed by atoms with Crippen molar-refractivity contribution in [3.05, 3.63) is 77.9 Å². The monoisotopic (exact) mass is 406 g/mol. The van der Waals surface area contributed by atoms with E-state index in [0.29, 0.717) is 36.8 Å². The number of fused-ring (bicyclic) bond motifs is 1. The standard InChI is InChI=1S/C25H30N2O3/c1-18(2)15-21-17-26-25(29)22-12-6-7-13-23(22)30-14-8-11-20(16-24(28)27-21)19-9-4-3-5-10-19/h3-13,18,20-21H,14-17H2,1-2H3,(H,26,29)(H,27,28)/b11-8-/t20?,21-/m0/s1. The third-order valence-corrected chi connectivity index (χ3v) is 5.10. The van der Waals surface area contributed by atoms with Crippen LogP contribution < -0.4 is 15.4 Å². The molecule has 1 aliphatic rings. The molecule has 158 valence electrons. The van der Waals surface area contributed by atoms with Crippen LogP contribution in [0.25, 0.3) is 0 Å². The Kier molecular flexibility index (Phi) is 7.66. The highest BCUT2D eigenvalue weighted by atomic mass is 16.5. The molecule has 0 bridgehead atoms. The van der Waals surface area contributed by atoms with Crippen molar-refractivity contribution in [1.29, 1.82) is 0 Å². The average molecular weight is 407 g/mol. The fourth-order valence-corrected chi connectivity index (χ4v) is 3.69. The van der Waals surface area contributed by atoms with Crippen molar-refractivity contribution in [2.24, 2.45) is 5.92 Å². The van der Waals surface area contributed by atoms with E-state index < -0.39 is 0 Å². The van der Waals surface area contributed by atoms with Crippen molar-refractivity contribution in [3.8, 4) is 5.75 Å². The van der Waals surface area contributed by atoms with Crippen molar-refractivity contribution in [2.45, 2.75) is 38.6 Å². The summed E-state index contributed by atoms with van der Waals surface area (Å²) in [6.07, 6.45) is 5.06. The summed E-state index contributed by atoms with van der Waals surface area (Å²) < 4.78 is 5.86. The number of para-hydroxylation sites is 1. The van der Waals surface area contributed by atoms with Gasteiger partial charge in [-0.25, -0.2) is 0 Å². The molecule has 0 saturated carbocycles. The minimum atomic E-state index is -0.197. The molecule has 2 amide bonds. The lowest BCUT2D eigenvalue weighted by atomic mass is 9.94. The first-order valence-corrected chi connectivity index (χ1v) is 10.5. The van der Waals surface area contributed by atoms with Gasteiger partial charge in [0.25, 0.3) is 5.91 Å². The zero-order chi connectivity index (χ0) is 21.3. The Morgan fingerprint density at radius 1 is 1.03 bits per heavy atom. The SMILES string of the molecule is CC(C)C[C@H]1CNC(=O)c2ccccc2OC/C=C\C(c2ccccc2)CC(=O)N1. The van der Waals surface area contributed by atoms with Crippen molar-refractivity contribution >= 4 is 11.8 Å². The van der Waals surface area contributed by atoms with Gasteiger partial charge in [0.2, 0.25) is 5.91 Å². The second-order valence-electron chi connectivity index (χ2n) is 8.06. The molecule has 1 heterocycles. The lowest BCUT2D eigenvalue weighted by molar-refractivity contribution is -0.122. The van der Waals surface area contributed by atoms with Crippen LogP contribution in [0, 0.1) is 5.92 Å². The van der Waals surface area contributed by atoms with Gasteiger partial charge in [-0.3, -0.25) is 9.59 Å². The predicted octanol–water partition coefficient (Wildman–Crippen LogP) is 4.07. The van der Waals surface area contributed by atoms with E-state index in [-0.39, 0.29) is 23.8 Å². The van der Waals surface area contributed by atoms with Crippen LogP contribution in [0.15, 0.2) is 66.7 Å². The van der Waals surface area contributed by atoms with E-state index in [1.807, 2.05) is 54.6 Å². The molecule has 5 nitrogen and oxygen atoms in total. The predicted molar refractivity (Wildman–Crippen MR) is 119 cm³/mol. The van der Waals surface area contributed by atoms with Gasteiger partial charge in [-0.2, -0.15) is 0 Å². The molecule has 5 heteroatoms. The summed E-state index contributed by atoms with van der Waals surface area (Å²) in [5, 5.41) is 6.09. The third kappa shape index (κ3) is 6.21. The van der Waals surface area contributed by atoms with Gasteiger partial charge in [0.1, 0.15) is 12.4 Å². The van der Waals surface area contributed by atoms with Gasteiger partial charge in [0.15, 0.2) is 0 Å². The molecule has 1 aliphatic heterocycles. The molecule has 30 heavy (non-hydrogen) atoms. The fraction of sp³-hybridized carbons (Fsp3) is 0.360. The fourth-order valence-electron chi connectivity index (χ4n) is 3.69. The van der Waals surface area contributed by atoms with Crippen LogP contribution >= 0.6 is 0 Å². The number of rotatable bonds is 3. The molecule has 3 rings (SSSR count). The van der Waals surface area contributed by atoms with Crippen molar-refractivity contribution in [3.63, 3.8) is 0 Å². The largest absolute Gasteiger partial charge is 0.489 e. The minimum Gasteiger partial charge on any atom is -0.489 e. The number of hydrogen-bond donors (Lipinski definition) is 2. The molecule has 0 saturated heterocycles. The molecule has 1 unspecified atom stereocenters. The Morgan fingerprint density at radius 3 is 2.53 bits per heavy atom. The Labute approximate surface area is 178 Å². The van der Waals surface area contributed by atoms with Gasteiger partial charge in [-0.05, 0) is 30.0 Å². The number of benzene rings is 2. The summed E-state index contributed by atoms with van der Waals surface area (Å²) in [6, 6.07) is 17.1. The van der Waals surface area contributed by atoms with E-state index in [1.165, 1.54) is 0 Å². The number of carbonyl (C=O) groups is 2. The molecule has 0 spiro atoms. The number of allylic oxidation sites excluding steroid dienone is 1. The van der Waals surface area contributed by atoms with Crippen molar-refractivity contribution in [1.82, 2.24) is 10.6 Å². The summed E-state index contributed by atoms with van der Waals surface area (Å²) in [7, 11) is 0. The zero-order valence-corrected chi connectivity index (χ0v) is 17.6. The molecular formula is C25H30N2O3. The zero-order valence-electron chi connectivity index (χ0n) is 17.6. The van der Waals surface area contributed by atoms with E-state index in [0.717, 1.165) is 12.0 Å². The highest BCUT2D eigenvalue weighted by Gasteiger charge is 2.20. The Bertz CT molecular complexity index is 877. The van der Waals surface area contributed by atoms with Crippen LogP contribution in [-0.4, -0.2) is 31.0 Å². The maximum Gasteiger partial charge on any atom is 0.255 e. The third-order valence-electron chi connectivity index (χ3n) is 5.10. The van der Waals surface area contributed by atoms with Gasteiger partial charge in [0.05, 0.1) is 5.56 Å². The Balaban J connectivity index is 1.87. The van der Waals surface area contributed by atoms with Gasteiger partial charge in [-0.1, -0.05) is 68.5 Å². The lowest BCUT2D eigenvalue weighted by Gasteiger charge is -2.23. The van der Waals surface area contributed by atoms with Crippen LogP contribution in [0.5, 0.6) is 5.75 Å². The van der Waals surface area contributed by atoms with Crippen LogP contribution in [0.4, 0.5) is 0 Å². The lowest BCUT2D eigenvalue weighted by Crippen LogP contribution is -2.44. The van der Waals surface area contributed by atoms with Crippen molar-refractivity contribution < 1.29 is 14.3 Å². The number of amides is 2. The highest BCUT2D eigenvalue weighted by Crippen LogP contribution is 2.23. The molecule has 0 fully saturated rings. The second kappa shape index (κ2) is 10.6. The summed E-state index contributed by atoms with van der Waals surface area (Å²) in [6.45, 7) is 4.92. The molecule has 0 aromatic heterocycles. The Hall–Kier alpha value is -3.08. The molecular weight excluding hydrogens is 376 g/mol. The number of ether oxygens (including phenoxy) is 1. The molecule has 2 N–H and O–H groups in total. The maximum atomic E-state index is 12.8. The number of carbonyl (C=O) groups excluding carboxylic acids is 2. The van der Waals surface area contributed by atoms with E-state index in [2.05, 4.69) is 24.5 Å². The normalized spacial score (nSPS) is 21.6. The highest BCUT2D eigenvalue weighted by molar-refractivity contribution is 5.97. The number of nitrogens with one attached hydrogen (secondary N) is 2. The topological polar surface area (TPSA) is 67.4 Å². The molecule has 0 aliphatic carbocycles. The molecule has 0 radical (unpaired) electrons. The van der Waals surface area contributed by atoms with Crippen LogP contribution in [-0.2, 0) is 4.79 Å². The number of hydrogen-bond acceptors (Lipinski definition) is 3. The quantitative estimate of drug-likeness (QED) is 0.755. The second-order valence-corrected chi connectivity index (χ2v) is 8.06. The van der Waals surface area contributed by atoms with E-state index >= 15 is 0 Å². The summed E-state index contributed by atoms with van der Waals surface area (Å²) in [5.41, 5.74) is 1.59. The van der Waals surface area contributed by atoms with E-state index in [4.69, 9.17) is 4.74 Å². The molecule has 2 atom stereocenters. The maximum absolute atomic E-state index is 12.8. The minimum absolute atomic E-state index is 0.0215. The van der Waals surface area contributed by atoms with E-state index in [9.17, 15) is 9.59 Å². The van der Waals surface area contributed by atoms with Gasteiger partial charge in [0, 0.05) is 24.9 Å². The average Bonchev–Trinajstić information content (AvgIpc) is 2.74. The summed E-state index contributed by atoms with van der Waals surface area (Å²) >= 11 is 0. The Morgan fingerprint density at radius 2 is 1.77 bits per heavy atom. The first kappa shape index (κ1) is 21.6. The summed E-state index contributed by atoms with van der Waals surface area (Å²) in [5.74, 6) is 0.690. The first-order chi connectivity index (χ1) is 14.5. The first-order valence-electron chi connectivity index (χ1n) is 10.5. The van der Waals surface area contributed by atoms with Crippen LogP contribution in [0.2, 0.25) is 0 Å². The van der Waals surface area contributed by atoms with Crippen LogP contribution in [0.1, 0.15) is 48.5 Å². The van der Waals surface area contributed by atoms with E-state index in [1.54, 1.807) is 12.1 Å². The van der Waals surface area contributed by atoms with Crippen LogP contribution in [0.3, 0.4) is 0 Å². The van der Waals surface area contributed by atoms with Gasteiger partial charge < -0.3 is 15.4 Å². The smallest absolute Gasteiger partial charge is 0.255 e. The van der Waals surface area contributed by atoms with Gasteiger partial charge in [-0.15, -0.1) is 0 Å². The summed E-state index contributed by atoms with van der Waals surface area (Å²) in [4.78, 5) is 25.5. The molecule has 2 aromatic carbocycles. The molecule has 2 aromatic rings. The van der Waals surface area contributed by atoms with Gasteiger partial charge >= 0.3 is 0 Å².